The van der Waals surface area contributed by atoms with Gasteiger partial charge in [-0.15, -0.1) is 0 Å². The summed E-state index contributed by atoms with van der Waals surface area (Å²) in [4.78, 5) is 12.4. The normalized spacial score (nSPS) is 19.4. The van der Waals surface area contributed by atoms with Crippen LogP contribution in [-0.2, 0) is 4.79 Å². The van der Waals surface area contributed by atoms with Crippen LogP contribution in [0.2, 0.25) is 0 Å². The lowest BCUT2D eigenvalue weighted by Crippen LogP contribution is -2.30. The Labute approximate surface area is 136 Å². The van der Waals surface area contributed by atoms with Crippen LogP contribution in [0.15, 0.2) is 48.5 Å². The van der Waals surface area contributed by atoms with E-state index in [1.54, 1.807) is 12.1 Å². The van der Waals surface area contributed by atoms with Crippen LogP contribution in [0.4, 0.5) is 10.1 Å². The van der Waals surface area contributed by atoms with E-state index in [0.717, 1.165) is 30.5 Å². The van der Waals surface area contributed by atoms with Gasteiger partial charge in [0.15, 0.2) is 0 Å². The summed E-state index contributed by atoms with van der Waals surface area (Å²) in [6.07, 6.45) is 3.59. The van der Waals surface area contributed by atoms with E-state index >= 15 is 0 Å². The summed E-state index contributed by atoms with van der Waals surface area (Å²) in [5, 5.41) is 3.50. The van der Waals surface area contributed by atoms with Gasteiger partial charge in [-0.05, 0) is 49.6 Å². The molecule has 1 aliphatic rings. The molecule has 2 nitrogen and oxygen atoms in total. The highest BCUT2D eigenvalue weighted by Gasteiger charge is 2.31. The number of hydrogen-bond donors (Lipinski definition) is 1. The van der Waals surface area contributed by atoms with Crippen molar-refractivity contribution in [3.05, 3.63) is 65.5 Å². The SMILES string of the molecule is Cc1ccc(NC(c2ccc(F)cc2)C2CCCCC2=O)cc1. The van der Waals surface area contributed by atoms with Crippen molar-refractivity contribution in [2.75, 3.05) is 5.32 Å². The lowest BCUT2D eigenvalue weighted by molar-refractivity contribution is -0.125. The molecule has 120 valence electrons. The van der Waals surface area contributed by atoms with E-state index in [1.165, 1.54) is 17.7 Å². The summed E-state index contributed by atoms with van der Waals surface area (Å²) < 4.78 is 13.3. The van der Waals surface area contributed by atoms with Crippen LogP contribution in [0, 0.1) is 18.7 Å². The number of carbonyl (C=O) groups is 1. The first-order valence-corrected chi connectivity index (χ1v) is 8.25. The molecule has 2 unspecified atom stereocenters. The third-order valence-corrected chi connectivity index (χ3v) is 4.61. The fourth-order valence-electron chi connectivity index (χ4n) is 3.28. The number of carbonyl (C=O) groups excluding carboxylic acids is 1. The van der Waals surface area contributed by atoms with Crippen LogP contribution in [0.25, 0.3) is 0 Å². The minimum absolute atomic E-state index is 0.0458. The van der Waals surface area contributed by atoms with Crippen LogP contribution in [0.1, 0.15) is 42.9 Å². The number of rotatable bonds is 4. The molecule has 0 aliphatic heterocycles. The third-order valence-electron chi connectivity index (χ3n) is 4.61. The van der Waals surface area contributed by atoms with Crippen molar-refractivity contribution >= 4 is 11.5 Å². The highest BCUT2D eigenvalue weighted by atomic mass is 19.1. The Kier molecular flexibility index (Phi) is 4.75. The van der Waals surface area contributed by atoms with Crippen molar-refractivity contribution in [3.8, 4) is 0 Å². The zero-order valence-electron chi connectivity index (χ0n) is 13.4. The van der Waals surface area contributed by atoms with E-state index in [4.69, 9.17) is 0 Å². The van der Waals surface area contributed by atoms with Crippen molar-refractivity contribution < 1.29 is 9.18 Å². The summed E-state index contributed by atoms with van der Waals surface area (Å²) in [6.45, 7) is 2.05. The largest absolute Gasteiger partial charge is 0.378 e. The van der Waals surface area contributed by atoms with Crippen LogP contribution >= 0.6 is 0 Å². The second-order valence-electron chi connectivity index (χ2n) is 6.36. The van der Waals surface area contributed by atoms with Crippen LogP contribution < -0.4 is 5.32 Å². The Bertz CT molecular complexity index is 663. The van der Waals surface area contributed by atoms with Crippen LogP contribution in [0.3, 0.4) is 0 Å². The quantitative estimate of drug-likeness (QED) is 0.856. The van der Waals surface area contributed by atoms with Crippen molar-refractivity contribution in [2.45, 2.75) is 38.6 Å². The van der Waals surface area contributed by atoms with Gasteiger partial charge in [-0.1, -0.05) is 36.2 Å². The first-order chi connectivity index (χ1) is 11.1. The molecule has 0 spiro atoms. The van der Waals surface area contributed by atoms with E-state index < -0.39 is 0 Å². The van der Waals surface area contributed by atoms with E-state index in [9.17, 15) is 9.18 Å². The molecule has 0 aromatic heterocycles. The molecule has 1 saturated carbocycles. The summed E-state index contributed by atoms with van der Waals surface area (Å²) >= 11 is 0. The second-order valence-corrected chi connectivity index (χ2v) is 6.36. The fraction of sp³-hybridized carbons (Fsp3) is 0.350. The smallest absolute Gasteiger partial charge is 0.138 e. The molecule has 0 heterocycles. The average Bonchev–Trinajstić information content (AvgIpc) is 2.56. The standard InChI is InChI=1S/C20H22FNO/c1-14-6-12-17(13-7-14)22-20(15-8-10-16(21)11-9-15)18-4-2-3-5-19(18)23/h6-13,18,20,22H,2-5H2,1H3. The molecule has 1 fully saturated rings. The van der Waals surface area contributed by atoms with Gasteiger partial charge in [-0.2, -0.15) is 0 Å². The highest BCUT2D eigenvalue weighted by Crippen LogP contribution is 2.35. The summed E-state index contributed by atoms with van der Waals surface area (Å²) in [6, 6.07) is 14.5. The van der Waals surface area contributed by atoms with Gasteiger partial charge in [0.1, 0.15) is 11.6 Å². The summed E-state index contributed by atoms with van der Waals surface area (Å²) in [5.74, 6) is 0.0125. The summed E-state index contributed by atoms with van der Waals surface area (Å²) in [5.41, 5.74) is 3.15. The van der Waals surface area contributed by atoms with Crippen molar-refractivity contribution in [3.63, 3.8) is 0 Å². The van der Waals surface area contributed by atoms with Crippen LogP contribution in [-0.4, -0.2) is 5.78 Å². The molecule has 2 aromatic rings. The summed E-state index contributed by atoms with van der Waals surface area (Å²) in [7, 11) is 0. The molecular weight excluding hydrogens is 289 g/mol. The molecular formula is C20H22FNO. The first-order valence-electron chi connectivity index (χ1n) is 8.25. The van der Waals surface area contributed by atoms with E-state index in [-0.39, 0.29) is 17.8 Å². The van der Waals surface area contributed by atoms with Gasteiger partial charge in [0, 0.05) is 18.0 Å². The molecule has 3 rings (SSSR count). The molecule has 1 aliphatic carbocycles. The topological polar surface area (TPSA) is 29.1 Å². The Balaban J connectivity index is 1.90. The van der Waals surface area contributed by atoms with Crippen molar-refractivity contribution in [2.24, 2.45) is 5.92 Å². The van der Waals surface area contributed by atoms with Gasteiger partial charge < -0.3 is 5.32 Å². The maximum Gasteiger partial charge on any atom is 0.138 e. The molecule has 23 heavy (non-hydrogen) atoms. The molecule has 0 saturated heterocycles. The number of hydrogen-bond acceptors (Lipinski definition) is 2. The van der Waals surface area contributed by atoms with Gasteiger partial charge in [0.25, 0.3) is 0 Å². The molecule has 2 atom stereocenters. The van der Waals surface area contributed by atoms with E-state index in [2.05, 4.69) is 5.32 Å². The Morgan fingerprint density at radius 3 is 2.39 bits per heavy atom. The lowest BCUT2D eigenvalue weighted by atomic mass is 9.80. The van der Waals surface area contributed by atoms with Gasteiger partial charge in [0.2, 0.25) is 0 Å². The van der Waals surface area contributed by atoms with Gasteiger partial charge in [0.05, 0.1) is 6.04 Å². The average molecular weight is 311 g/mol. The van der Waals surface area contributed by atoms with E-state index in [1.807, 2.05) is 31.2 Å². The molecule has 1 N–H and O–H groups in total. The number of Topliss-reactive ketones (excluding diaryl/α,β-unsaturated/α-hetero) is 1. The highest BCUT2D eigenvalue weighted by molar-refractivity contribution is 5.83. The molecule has 2 aromatic carbocycles. The van der Waals surface area contributed by atoms with E-state index in [0.29, 0.717) is 12.2 Å². The van der Waals surface area contributed by atoms with Gasteiger partial charge in [-0.3, -0.25) is 4.79 Å². The number of anilines is 1. The molecule has 3 heteroatoms. The Hall–Kier alpha value is -2.16. The predicted octanol–water partition coefficient (Wildman–Crippen LogP) is 5.05. The van der Waals surface area contributed by atoms with Gasteiger partial charge in [-0.25, -0.2) is 4.39 Å². The maximum absolute atomic E-state index is 13.3. The lowest BCUT2D eigenvalue weighted by Gasteiger charge is -2.31. The third kappa shape index (κ3) is 3.79. The molecule has 0 bridgehead atoms. The van der Waals surface area contributed by atoms with Crippen molar-refractivity contribution in [1.82, 2.24) is 0 Å². The minimum Gasteiger partial charge on any atom is -0.378 e. The molecule has 0 radical (unpaired) electrons. The fourth-order valence-corrected chi connectivity index (χ4v) is 3.28. The van der Waals surface area contributed by atoms with Crippen LogP contribution in [0.5, 0.6) is 0 Å². The zero-order valence-corrected chi connectivity index (χ0v) is 13.4. The Morgan fingerprint density at radius 2 is 1.74 bits per heavy atom. The number of halogens is 1. The van der Waals surface area contributed by atoms with Gasteiger partial charge >= 0.3 is 0 Å². The zero-order chi connectivity index (χ0) is 16.2. The maximum atomic E-state index is 13.3. The number of aryl methyl sites for hydroxylation is 1. The number of nitrogens with one attached hydrogen (secondary N) is 1. The second kappa shape index (κ2) is 6.95. The Morgan fingerprint density at radius 1 is 1.04 bits per heavy atom. The first kappa shape index (κ1) is 15.7. The predicted molar refractivity (Wildman–Crippen MR) is 90.9 cm³/mol. The monoisotopic (exact) mass is 311 g/mol. The van der Waals surface area contributed by atoms with Crippen molar-refractivity contribution in [1.29, 1.82) is 0 Å². The molecule has 0 amide bonds. The minimum atomic E-state index is -0.252. The number of benzene rings is 2. The number of ketones is 1.